The van der Waals surface area contributed by atoms with Crippen LogP contribution in [0, 0.1) is 5.92 Å². The van der Waals surface area contributed by atoms with Crippen LogP contribution in [0.2, 0.25) is 0 Å². The lowest BCUT2D eigenvalue weighted by molar-refractivity contribution is 0.125. The molecule has 0 saturated carbocycles. The number of hydrogen-bond donors (Lipinski definition) is 1. The normalized spacial score (nSPS) is 13.1. The number of hydrogen-bond acceptors (Lipinski definition) is 2. The van der Waals surface area contributed by atoms with E-state index in [0.29, 0.717) is 0 Å². The minimum atomic E-state index is 0.215. The van der Waals surface area contributed by atoms with E-state index in [0.717, 1.165) is 25.0 Å². The summed E-state index contributed by atoms with van der Waals surface area (Å²) in [5.41, 5.74) is 0.215. The van der Waals surface area contributed by atoms with Crippen molar-refractivity contribution >= 4 is 0 Å². The highest BCUT2D eigenvalue weighted by Crippen LogP contribution is 2.15. The van der Waals surface area contributed by atoms with Gasteiger partial charge in [0.25, 0.3) is 0 Å². The molecule has 0 bridgehead atoms. The second kappa shape index (κ2) is 8.10. The summed E-state index contributed by atoms with van der Waals surface area (Å²) in [6, 6.07) is 0.732. The molecule has 0 rings (SSSR count). The van der Waals surface area contributed by atoms with Crippen LogP contribution in [0.3, 0.4) is 0 Å². The van der Waals surface area contributed by atoms with E-state index in [1.54, 1.807) is 0 Å². The van der Waals surface area contributed by atoms with E-state index in [9.17, 15) is 0 Å². The fourth-order valence-corrected chi connectivity index (χ4v) is 2.66. The van der Waals surface area contributed by atoms with E-state index >= 15 is 0 Å². The summed E-state index contributed by atoms with van der Waals surface area (Å²) in [6.45, 7) is 19.5. The Morgan fingerprint density at radius 1 is 1.06 bits per heavy atom. The van der Waals surface area contributed by atoms with Gasteiger partial charge in [0.15, 0.2) is 0 Å². The molecule has 0 unspecified atom stereocenters. The third-order valence-corrected chi connectivity index (χ3v) is 3.31. The maximum Gasteiger partial charge on any atom is 0.0252 e. The number of nitrogens with zero attached hydrogens (tertiary/aromatic N) is 1. The predicted molar refractivity (Wildman–Crippen MR) is 78.5 cm³/mol. The van der Waals surface area contributed by atoms with Crippen molar-refractivity contribution in [3.8, 4) is 0 Å². The van der Waals surface area contributed by atoms with Gasteiger partial charge in [-0.3, -0.25) is 4.90 Å². The average Bonchev–Trinajstić information content (AvgIpc) is 2.17. The van der Waals surface area contributed by atoms with Gasteiger partial charge in [-0.25, -0.2) is 0 Å². The zero-order valence-electron chi connectivity index (χ0n) is 13.1. The van der Waals surface area contributed by atoms with Crippen molar-refractivity contribution in [2.75, 3.05) is 19.6 Å². The second-order valence-electron chi connectivity index (χ2n) is 6.21. The molecular formula is C15H34N2. The molecule has 0 saturated heterocycles. The molecule has 0 spiro atoms. The van der Waals surface area contributed by atoms with Gasteiger partial charge in [-0.1, -0.05) is 34.6 Å². The molecule has 0 radical (unpaired) electrons. The Morgan fingerprint density at radius 3 is 1.94 bits per heavy atom. The van der Waals surface area contributed by atoms with Gasteiger partial charge in [-0.2, -0.15) is 0 Å². The molecule has 0 aromatic carbocycles. The first-order chi connectivity index (χ1) is 7.86. The maximum absolute atomic E-state index is 3.59. The van der Waals surface area contributed by atoms with Crippen molar-refractivity contribution in [3.05, 3.63) is 0 Å². The van der Waals surface area contributed by atoms with Crippen LogP contribution in [-0.4, -0.2) is 36.1 Å². The zero-order valence-corrected chi connectivity index (χ0v) is 13.1. The fourth-order valence-electron chi connectivity index (χ4n) is 2.66. The summed E-state index contributed by atoms with van der Waals surface area (Å²) in [6.07, 6.45) is 2.51. The van der Waals surface area contributed by atoms with Gasteiger partial charge < -0.3 is 5.32 Å². The largest absolute Gasteiger partial charge is 0.311 e. The van der Waals surface area contributed by atoms with E-state index in [1.807, 2.05) is 0 Å². The van der Waals surface area contributed by atoms with Gasteiger partial charge in [0.2, 0.25) is 0 Å². The average molecular weight is 242 g/mol. The number of nitrogens with one attached hydrogen (secondary N) is 1. The minimum Gasteiger partial charge on any atom is -0.311 e. The molecule has 2 heteroatoms. The predicted octanol–water partition coefficient (Wildman–Crippen LogP) is 3.52. The lowest BCUT2D eigenvalue weighted by Gasteiger charge is -2.38. The van der Waals surface area contributed by atoms with Gasteiger partial charge in [-0.05, 0) is 39.2 Å². The molecule has 0 aliphatic rings. The van der Waals surface area contributed by atoms with Gasteiger partial charge >= 0.3 is 0 Å². The van der Waals surface area contributed by atoms with Crippen LogP contribution in [0.4, 0.5) is 0 Å². The quantitative estimate of drug-likeness (QED) is 0.665. The summed E-state index contributed by atoms with van der Waals surface area (Å²) < 4.78 is 0. The smallest absolute Gasteiger partial charge is 0.0252 e. The van der Waals surface area contributed by atoms with Gasteiger partial charge in [0.1, 0.15) is 0 Å². The van der Waals surface area contributed by atoms with E-state index in [4.69, 9.17) is 0 Å². The Hall–Kier alpha value is -0.0800. The molecule has 104 valence electrons. The first-order valence-electron chi connectivity index (χ1n) is 7.35. The molecule has 0 atom stereocenters. The summed E-state index contributed by atoms with van der Waals surface area (Å²) in [5.74, 6) is 0.744. The summed E-state index contributed by atoms with van der Waals surface area (Å²) in [4.78, 5) is 2.67. The Morgan fingerprint density at radius 2 is 1.59 bits per heavy atom. The van der Waals surface area contributed by atoms with Gasteiger partial charge in [0.05, 0.1) is 0 Å². The molecular weight excluding hydrogens is 208 g/mol. The highest BCUT2D eigenvalue weighted by Gasteiger charge is 2.24. The zero-order chi connectivity index (χ0) is 13.5. The van der Waals surface area contributed by atoms with Crippen LogP contribution in [0.1, 0.15) is 61.3 Å². The minimum absolute atomic E-state index is 0.215. The Kier molecular flexibility index (Phi) is 8.06. The van der Waals surface area contributed by atoms with Crippen LogP contribution < -0.4 is 5.32 Å². The second-order valence-corrected chi connectivity index (χ2v) is 6.21. The topological polar surface area (TPSA) is 15.3 Å². The highest BCUT2D eigenvalue weighted by atomic mass is 15.2. The molecule has 0 aromatic heterocycles. The molecule has 17 heavy (non-hydrogen) atoms. The van der Waals surface area contributed by atoms with Crippen molar-refractivity contribution in [2.45, 2.75) is 72.9 Å². The highest BCUT2D eigenvalue weighted by molar-refractivity contribution is 4.84. The van der Waals surface area contributed by atoms with Gasteiger partial charge in [0, 0.05) is 24.7 Å². The third kappa shape index (κ3) is 7.05. The Balaban J connectivity index is 4.56. The molecule has 1 N–H and O–H groups in total. The van der Waals surface area contributed by atoms with Crippen LogP contribution in [0.15, 0.2) is 0 Å². The standard InChI is InChI=1S/C15H34N2/c1-8-14(9-2)17(11-13(4)5)12-15(6,7)16-10-3/h13-14,16H,8-12H2,1-7H3. The lowest BCUT2D eigenvalue weighted by Crippen LogP contribution is -2.52. The molecule has 0 fully saturated rings. The summed E-state index contributed by atoms with van der Waals surface area (Å²) in [5, 5.41) is 3.59. The van der Waals surface area contributed by atoms with Crippen molar-refractivity contribution in [2.24, 2.45) is 5.92 Å². The monoisotopic (exact) mass is 242 g/mol. The number of likely N-dealkylation sites (N-methyl/N-ethyl adjacent to an activating group) is 1. The maximum atomic E-state index is 3.59. The van der Waals surface area contributed by atoms with Gasteiger partial charge in [-0.15, -0.1) is 0 Å². The van der Waals surface area contributed by atoms with Crippen LogP contribution in [0.5, 0.6) is 0 Å². The molecule has 0 heterocycles. The summed E-state index contributed by atoms with van der Waals surface area (Å²) >= 11 is 0. The Labute approximate surface area is 109 Å². The SMILES string of the molecule is CCNC(C)(C)CN(CC(C)C)C(CC)CC. The third-order valence-electron chi connectivity index (χ3n) is 3.31. The molecule has 0 aromatic rings. The first kappa shape index (κ1) is 16.9. The first-order valence-corrected chi connectivity index (χ1v) is 7.35. The van der Waals surface area contributed by atoms with E-state index < -0.39 is 0 Å². The van der Waals surface area contributed by atoms with Crippen LogP contribution in [-0.2, 0) is 0 Å². The van der Waals surface area contributed by atoms with Crippen molar-refractivity contribution < 1.29 is 0 Å². The van der Waals surface area contributed by atoms with Crippen molar-refractivity contribution in [1.29, 1.82) is 0 Å². The van der Waals surface area contributed by atoms with Crippen LogP contribution >= 0.6 is 0 Å². The van der Waals surface area contributed by atoms with E-state index in [2.05, 4.69) is 58.7 Å². The fraction of sp³-hybridized carbons (Fsp3) is 1.00. The van der Waals surface area contributed by atoms with Crippen molar-refractivity contribution in [3.63, 3.8) is 0 Å². The molecule has 2 nitrogen and oxygen atoms in total. The van der Waals surface area contributed by atoms with E-state index in [1.165, 1.54) is 19.4 Å². The lowest BCUT2D eigenvalue weighted by atomic mass is 10.00. The van der Waals surface area contributed by atoms with Crippen molar-refractivity contribution in [1.82, 2.24) is 10.2 Å². The molecule has 0 amide bonds. The molecule has 0 aliphatic carbocycles. The van der Waals surface area contributed by atoms with Crippen LogP contribution in [0.25, 0.3) is 0 Å². The molecule has 0 aliphatic heterocycles. The Bertz CT molecular complexity index is 183. The number of rotatable bonds is 9. The van der Waals surface area contributed by atoms with E-state index in [-0.39, 0.29) is 5.54 Å². The summed E-state index contributed by atoms with van der Waals surface area (Å²) in [7, 11) is 0.